The number of carbonyl (C=O) groups is 2. The van der Waals surface area contributed by atoms with Crippen LogP contribution in [0.4, 0.5) is 0 Å². The van der Waals surface area contributed by atoms with Crippen molar-refractivity contribution in [1.82, 2.24) is 4.90 Å². The molecule has 0 bridgehead atoms. The van der Waals surface area contributed by atoms with Gasteiger partial charge in [0.2, 0.25) is 5.91 Å². The maximum absolute atomic E-state index is 11.8. The Morgan fingerprint density at radius 3 is 2.60 bits per heavy atom. The molecular formula is C14H14N2O3S. The summed E-state index contributed by atoms with van der Waals surface area (Å²) in [4.78, 5) is 24.6. The van der Waals surface area contributed by atoms with E-state index in [9.17, 15) is 14.7 Å². The molecular weight excluding hydrogens is 276 g/mol. The Balaban J connectivity index is 2.15. The number of rotatable bonds is 4. The summed E-state index contributed by atoms with van der Waals surface area (Å²) < 4.78 is 0. The fourth-order valence-electron chi connectivity index (χ4n) is 2.28. The number of thiol groups is 1. The minimum absolute atomic E-state index is 0.106. The summed E-state index contributed by atoms with van der Waals surface area (Å²) in [6.45, 7) is 0.356. The molecule has 1 unspecified atom stereocenters. The molecule has 1 aromatic carbocycles. The summed E-state index contributed by atoms with van der Waals surface area (Å²) >= 11 is 4.23. The van der Waals surface area contributed by atoms with Gasteiger partial charge in [-0.05, 0) is 17.7 Å². The van der Waals surface area contributed by atoms with E-state index in [1.165, 1.54) is 4.90 Å². The number of aliphatic carboxylic acids is 1. The number of likely N-dealkylation sites (tertiary alicyclic amines) is 1. The second kappa shape index (κ2) is 5.97. The van der Waals surface area contributed by atoms with E-state index in [4.69, 9.17) is 5.26 Å². The van der Waals surface area contributed by atoms with Gasteiger partial charge in [0.1, 0.15) is 6.04 Å². The van der Waals surface area contributed by atoms with Gasteiger partial charge in [-0.2, -0.15) is 17.9 Å². The topological polar surface area (TPSA) is 81.4 Å². The predicted octanol–water partition coefficient (Wildman–Crippen LogP) is 1.08. The highest BCUT2D eigenvalue weighted by Crippen LogP contribution is 2.21. The second-order valence-corrected chi connectivity index (χ2v) is 5.50. The first kappa shape index (κ1) is 14.4. The fraction of sp³-hybridized carbons (Fsp3) is 0.357. The maximum Gasteiger partial charge on any atom is 0.326 e. The lowest BCUT2D eigenvalue weighted by Crippen LogP contribution is -2.43. The van der Waals surface area contributed by atoms with Crippen LogP contribution in [-0.2, 0) is 16.0 Å². The van der Waals surface area contributed by atoms with E-state index in [1.54, 1.807) is 24.3 Å². The van der Waals surface area contributed by atoms with Crippen molar-refractivity contribution in [2.45, 2.75) is 24.1 Å². The number of nitriles is 1. The molecule has 1 heterocycles. The van der Waals surface area contributed by atoms with Crippen molar-refractivity contribution in [1.29, 1.82) is 5.26 Å². The zero-order valence-electron chi connectivity index (χ0n) is 10.7. The lowest BCUT2D eigenvalue weighted by Gasteiger charge is -2.24. The Labute approximate surface area is 122 Å². The van der Waals surface area contributed by atoms with Crippen molar-refractivity contribution < 1.29 is 14.7 Å². The van der Waals surface area contributed by atoms with E-state index >= 15 is 0 Å². The SMILES string of the molecule is N#Cc1ccc(C[C@@H](C(=O)O)N2CC(S)CC2=O)cc1. The number of carboxylic acid groups (broad SMARTS) is 1. The van der Waals surface area contributed by atoms with E-state index in [0.717, 1.165) is 5.56 Å². The molecule has 1 aliphatic heterocycles. The van der Waals surface area contributed by atoms with Crippen LogP contribution in [0.25, 0.3) is 0 Å². The molecule has 1 aromatic rings. The number of hydrogen-bond acceptors (Lipinski definition) is 4. The zero-order valence-corrected chi connectivity index (χ0v) is 11.6. The number of carbonyl (C=O) groups excluding carboxylic acids is 1. The minimum atomic E-state index is -1.02. The normalized spacial score (nSPS) is 19.7. The van der Waals surface area contributed by atoms with Crippen molar-refractivity contribution in [3.8, 4) is 6.07 Å². The summed E-state index contributed by atoms with van der Waals surface area (Å²) in [6.07, 6.45) is 0.507. The molecule has 104 valence electrons. The Hall–Kier alpha value is -2.00. The number of carboxylic acids is 1. The highest BCUT2D eigenvalue weighted by molar-refractivity contribution is 7.81. The molecule has 6 heteroatoms. The number of nitrogens with zero attached hydrogens (tertiary/aromatic N) is 2. The molecule has 0 saturated carbocycles. The molecule has 0 spiro atoms. The average Bonchev–Trinajstić information content (AvgIpc) is 2.75. The van der Waals surface area contributed by atoms with Gasteiger partial charge in [0.05, 0.1) is 11.6 Å². The Morgan fingerprint density at radius 1 is 1.50 bits per heavy atom. The van der Waals surface area contributed by atoms with Gasteiger partial charge in [-0.15, -0.1) is 0 Å². The van der Waals surface area contributed by atoms with Gasteiger partial charge in [0.15, 0.2) is 0 Å². The number of amides is 1. The van der Waals surface area contributed by atoms with Crippen LogP contribution in [0.3, 0.4) is 0 Å². The van der Waals surface area contributed by atoms with Gasteiger partial charge in [0, 0.05) is 24.6 Å². The summed E-state index contributed by atoms with van der Waals surface area (Å²) in [5, 5.41) is 18.0. The molecule has 5 nitrogen and oxygen atoms in total. The van der Waals surface area contributed by atoms with Gasteiger partial charge >= 0.3 is 5.97 Å². The zero-order chi connectivity index (χ0) is 14.7. The monoisotopic (exact) mass is 290 g/mol. The number of hydrogen-bond donors (Lipinski definition) is 2. The van der Waals surface area contributed by atoms with Gasteiger partial charge < -0.3 is 10.0 Å². The molecule has 0 aliphatic carbocycles. The van der Waals surface area contributed by atoms with Crippen molar-refractivity contribution >= 4 is 24.5 Å². The molecule has 0 radical (unpaired) electrons. The van der Waals surface area contributed by atoms with Gasteiger partial charge in [-0.3, -0.25) is 4.79 Å². The van der Waals surface area contributed by atoms with Gasteiger partial charge in [-0.25, -0.2) is 4.79 Å². The Morgan fingerprint density at radius 2 is 2.15 bits per heavy atom. The molecule has 1 N–H and O–H groups in total. The second-order valence-electron chi connectivity index (χ2n) is 4.77. The Bertz CT molecular complexity index is 565. The summed E-state index contributed by atoms with van der Waals surface area (Å²) in [5.74, 6) is -1.20. The average molecular weight is 290 g/mol. The van der Waals surface area contributed by atoms with Crippen LogP contribution in [-0.4, -0.2) is 39.7 Å². The van der Waals surface area contributed by atoms with E-state index < -0.39 is 12.0 Å². The molecule has 1 amide bonds. The quantitative estimate of drug-likeness (QED) is 0.813. The highest BCUT2D eigenvalue weighted by atomic mass is 32.1. The van der Waals surface area contributed by atoms with Crippen molar-refractivity contribution in [3.63, 3.8) is 0 Å². The van der Waals surface area contributed by atoms with Gasteiger partial charge in [-0.1, -0.05) is 12.1 Å². The molecule has 2 atom stereocenters. The molecule has 1 saturated heterocycles. The van der Waals surface area contributed by atoms with Crippen molar-refractivity contribution in [3.05, 3.63) is 35.4 Å². The van der Waals surface area contributed by atoms with Crippen molar-refractivity contribution in [2.24, 2.45) is 0 Å². The predicted molar refractivity (Wildman–Crippen MR) is 75.4 cm³/mol. The van der Waals surface area contributed by atoms with Crippen LogP contribution in [0.15, 0.2) is 24.3 Å². The third kappa shape index (κ3) is 3.11. The van der Waals surface area contributed by atoms with Crippen LogP contribution < -0.4 is 0 Å². The first-order valence-electron chi connectivity index (χ1n) is 6.20. The summed E-state index contributed by atoms with van der Waals surface area (Å²) in [5.41, 5.74) is 1.31. The summed E-state index contributed by atoms with van der Waals surface area (Å²) in [7, 11) is 0. The van der Waals surface area contributed by atoms with Crippen LogP contribution in [0.1, 0.15) is 17.5 Å². The van der Waals surface area contributed by atoms with E-state index in [-0.39, 0.29) is 24.0 Å². The lowest BCUT2D eigenvalue weighted by atomic mass is 10.0. The highest BCUT2D eigenvalue weighted by Gasteiger charge is 2.36. The lowest BCUT2D eigenvalue weighted by molar-refractivity contribution is -0.148. The van der Waals surface area contributed by atoms with Crippen molar-refractivity contribution in [2.75, 3.05) is 6.54 Å². The third-order valence-electron chi connectivity index (χ3n) is 3.31. The maximum atomic E-state index is 11.8. The standard InChI is InChI=1S/C14H14N2O3S/c15-7-10-3-1-9(2-4-10)5-12(14(18)19)16-8-11(20)6-13(16)17/h1-4,11-12,20H,5-6,8H2,(H,18,19)/t11?,12-/m0/s1. The molecule has 1 aliphatic rings. The first-order chi connectivity index (χ1) is 9.51. The van der Waals surface area contributed by atoms with E-state index in [1.807, 2.05) is 6.07 Å². The van der Waals surface area contributed by atoms with E-state index in [0.29, 0.717) is 12.1 Å². The molecule has 2 rings (SSSR count). The molecule has 0 aromatic heterocycles. The molecule has 20 heavy (non-hydrogen) atoms. The minimum Gasteiger partial charge on any atom is -0.480 e. The van der Waals surface area contributed by atoms with Crippen LogP contribution in [0.2, 0.25) is 0 Å². The fourth-order valence-corrected chi connectivity index (χ4v) is 2.61. The van der Waals surface area contributed by atoms with E-state index in [2.05, 4.69) is 12.6 Å². The molecule has 1 fully saturated rings. The largest absolute Gasteiger partial charge is 0.480 e. The van der Waals surface area contributed by atoms with Crippen LogP contribution in [0, 0.1) is 11.3 Å². The number of benzene rings is 1. The third-order valence-corrected chi connectivity index (χ3v) is 3.66. The smallest absolute Gasteiger partial charge is 0.326 e. The van der Waals surface area contributed by atoms with Crippen LogP contribution in [0.5, 0.6) is 0 Å². The van der Waals surface area contributed by atoms with Crippen LogP contribution >= 0.6 is 12.6 Å². The first-order valence-corrected chi connectivity index (χ1v) is 6.72. The van der Waals surface area contributed by atoms with Gasteiger partial charge in [0.25, 0.3) is 0 Å². The Kier molecular flexibility index (Phi) is 4.30. The summed E-state index contributed by atoms with van der Waals surface area (Å²) in [6, 6.07) is 7.84.